The average Bonchev–Trinajstić information content (AvgIpc) is 2.69. The molecule has 0 amide bonds. The van der Waals surface area contributed by atoms with Crippen molar-refractivity contribution in [3.8, 4) is 0 Å². The van der Waals surface area contributed by atoms with Crippen LogP contribution < -0.4 is 0 Å². The highest BCUT2D eigenvalue weighted by Gasteiger charge is 2.29. The van der Waals surface area contributed by atoms with Gasteiger partial charge in [-0.05, 0) is 24.8 Å². The fraction of sp³-hybridized carbons (Fsp3) is 0.500. The number of rotatable bonds is 6. The molecule has 104 valence electrons. The Morgan fingerprint density at radius 3 is 2.26 bits per heavy atom. The van der Waals surface area contributed by atoms with Gasteiger partial charge in [0.05, 0.1) is 5.92 Å². The number of carboxylic acids is 1. The number of carboxylic acid groups (broad SMARTS) is 1. The smallest absolute Gasteiger partial charge is 0.372 e. The van der Waals surface area contributed by atoms with Gasteiger partial charge in [-0.25, -0.2) is 4.79 Å². The third-order valence-corrected chi connectivity index (χ3v) is 3.94. The van der Waals surface area contributed by atoms with Crippen LogP contribution in [-0.2, 0) is 16.0 Å². The van der Waals surface area contributed by atoms with E-state index in [-0.39, 0.29) is 5.78 Å². The highest BCUT2D eigenvalue weighted by atomic mass is 32.1. The van der Waals surface area contributed by atoms with Crippen LogP contribution in [0.15, 0.2) is 5.38 Å². The number of ketones is 2. The summed E-state index contributed by atoms with van der Waals surface area (Å²) in [6.07, 6.45) is 0.741. The van der Waals surface area contributed by atoms with Crippen LogP contribution in [0.25, 0.3) is 0 Å². The first-order valence-corrected chi connectivity index (χ1v) is 7.02. The van der Waals surface area contributed by atoms with Crippen molar-refractivity contribution in [3.63, 3.8) is 0 Å². The molecule has 0 aliphatic heterocycles. The van der Waals surface area contributed by atoms with Gasteiger partial charge in [0.15, 0.2) is 5.78 Å². The predicted octanol–water partition coefficient (Wildman–Crippen LogP) is 2.91. The lowest BCUT2D eigenvalue weighted by atomic mass is 9.90. The Morgan fingerprint density at radius 1 is 1.26 bits per heavy atom. The van der Waals surface area contributed by atoms with Crippen molar-refractivity contribution < 1.29 is 19.5 Å². The van der Waals surface area contributed by atoms with E-state index in [0.717, 1.165) is 11.3 Å². The summed E-state index contributed by atoms with van der Waals surface area (Å²) >= 11 is 1.42. The molecule has 1 unspecified atom stereocenters. The number of hydrogen-bond donors (Lipinski definition) is 1. The molecular weight excluding hydrogens is 264 g/mol. The summed E-state index contributed by atoms with van der Waals surface area (Å²) in [5.41, 5.74) is 1.07. The van der Waals surface area contributed by atoms with Gasteiger partial charge in [-0.15, -0.1) is 11.3 Å². The standard InChI is InChI=1S/C14H18O4S/c1-7(2)5-11-12(8(3)13(16)14(17)18)10(6-19-11)9(4)15/h6-8H,5H2,1-4H3,(H,17,18). The Hall–Kier alpha value is -1.49. The zero-order valence-corrected chi connectivity index (χ0v) is 12.3. The SMILES string of the molecule is CC(=O)c1csc(CC(C)C)c1C(C)C(=O)C(=O)O. The van der Waals surface area contributed by atoms with Crippen LogP contribution in [0.5, 0.6) is 0 Å². The van der Waals surface area contributed by atoms with Crippen LogP contribution in [0.3, 0.4) is 0 Å². The molecule has 0 aromatic carbocycles. The fourth-order valence-corrected chi connectivity index (χ4v) is 3.40. The van der Waals surface area contributed by atoms with Gasteiger partial charge in [-0.3, -0.25) is 9.59 Å². The van der Waals surface area contributed by atoms with E-state index in [2.05, 4.69) is 0 Å². The summed E-state index contributed by atoms with van der Waals surface area (Å²) in [6.45, 7) is 7.07. The molecule has 0 fully saturated rings. The van der Waals surface area contributed by atoms with E-state index < -0.39 is 17.7 Å². The molecule has 5 heteroatoms. The van der Waals surface area contributed by atoms with Crippen molar-refractivity contribution in [2.45, 2.75) is 40.0 Å². The summed E-state index contributed by atoms with van der Waals surface area (Å²) in [7, 11) is 0. The molecule has 0 bridgehead atoms. The predicted molar refractivity (Wildman–Crippen MR) is 73.9 cm³/mol. The lowest BCUT2D eigenvalue weighted by Gasteiger charge is -2.13. The molecule has 1 aromatic rings. The van der Waals surface area contributed by atoms with Crippen molar-refractivity contribution in [1.82, 2.24) is 0 Å². The Bertz CT molecular complexity index is 514. The highest BCUT2D eigenvalue weighted by Crippen LogP contribution is 2.32. The zero-order chi connectivity index (χ0) is 14.7. The molecule has 1 rings (SSSR count). The number of carbonyl (C=O) groups excluding carboxylic acids is 2. The lowest BCUT2D eigenvalue weighted by Crippen LogP contribution is -2.21. The van der Waals surface area contributed by atoms with Crippen LogP contribution in [0.1, 0.15) is 54.4 Å². The number of aliphatic carboxylic acids is 1. The first-order valence-electron chi connectivity index (χ1n) is 6.14. The Kier molecular flexibility index (Phi) is 5.00. The van der Waals surface area contributed by atoms with E-state index in [1.54, 1.807) is 12.3 Å². The molecule has 19 heavy (non-hydrogen) atoms. The van der Waals surface area contributed by atoms with Gasteiger partial charge in [-0.2, -0.15) is 0 Å². The molecule has 0 radical (unpaired) electrons. The monoisotopic (exact) mass is 282 g/mol. The van der Waals surface area contributed by atoms with Gasteiger partial charge in [0.2, 0.25) is 5.78 Å². The second-order valence-electron chi connectivity index (χ2n) is 5.03. The third kappa shape index (κ3) is 3.50. The normalized spacial score (nSPS) is 12.5. The van der Waals surface area contributed by atoms with Gasteiger partial charge in [0.1, 0.15) is 0 Å². The van der Waals surface area contributed by atoms with Gasteiger partial charge < -0.3 is 5.11 Å². The van der Waals surface area contributed by atoms with E-state index in [1.807, 2.05) is 13.8 Å². The molecule has 1 N–H and O–H groups in total. The topological polar surface area (TPSA) is 71.4 Å². The number of carbonyl (C=O) groups is 3. The molecule has 0 saturated carbocycles. The first kappa shape index (κ1) is 15.6. The number of Topliss-reactive ketones (excluding diaryl/α,β-unsaturated/α-hetero) is 2. The van der Waals surface area contributed by atoms with E-state index in [9.17, 15) is 14.4 Å². The third-order valence-electron chi connectivity index (χ3n) is 2.92. The van der Waals surface area contributed by atoms with Crippen molar-refractivity contribution >= 4 is 28.9 Å². The second kappa shape index (κ2) is 6.10. The zero-order valence-electron chi connectivity index (χ0n) is 11.5. The molecule has 0 aliphatic rings. The Morgan fingerprint density at radius 2 is 1.84 bits per heavy atom. The van der Waals surface area contributed by atoms with E-state index >= 15 is 0 Å². The molecule has 1 aromatic heterocycles. The minimum atomic E-state index is -1.45. The summed E-state index contributed by atoms with van der Waals surface area (Å²) in [4.78, 5) is 35.0. The molecule has 0 aliphatic carbocycles. The second-order valence-corrected chi connectivity index (χ2v) is 6.00. The molecule has 1 heterocycles. The summed E-state index contributed by atoms with van der Waals surface area (Å²) in [6, 6.07) is 0. The van der Waals surface area contributed by atoms with Gasteiger partial charge >= 0.3 is 5.97 Å². The quantitative estimate of drug-likeness (QED) is 0.643. The minimum absolute atomic E-state index is 0.133. The van der Waals surface area contributed by atoms with Crippen LogP contribution >= 0.6 is 11.3 Å². The maximum absolute atomic E-state index is 11.6. The van der Waals surface area contributed by atoms with E-state index in [0.29, 0.717) is 17.0 Å². The van der Waals surface area contributed by atoms with Gasteiger partial charge in [0, 0.05) is 15.8 Å². The van der Waals surface area contributed by atoms with Gasteiger partial charge in [0.25, 0.3) is 0 Å². The molecular formula is C14H18O4S. The van der Waals surface area contributed by atoms with Crippen molar-refractivity contribution in [3.05, 3.63) is 21.4 Å². The van der Waals surface area contributed by atoms with Crippen LogP contribution in [0.4, 0.5) is 0 Å². The summed E-state index contributed by atoms with van der Waals surface area (Å²) in [5, 5.41) is 10.5. The summed E-state index contributed by atoms with van der Waals surface area (Å²) in [5.74, 6) is -2.86. The lowest BCUT2D eigenvalue weighted by molar-refractivity contribution is -0.149. The minimum Gasteiger partial charge on any atom is -0.475 e. The molecule has 0 spiro atoms. The molecule has 1 atom stereocenters. The highest BCUT2D eigenvalue weighted by molar-refractivity contribution is 7.10. The largest absolute Gasteiger partial charge is 0.475 e. The maximum Gasteiger partial charge on any atom is 0.372 e. The van der Waals surface area contributed by atoms with E-state index in [4.69, 9.17) is 5.11 Å². The molecule has 4 nitrogen and oxygen atoms in total. The van der Waals surface area contributed by atoms with Gasteiger partial charge in [-0.1, -0.05) is 20.8 Å². The summed E-state index contributed by atoms with van der Waals surface area (Å²) < 4.78 is 0. The Labute approximate surface area is 116 Å². The van der Waals surface area contributed by atoms with E-state index in [1.165, 1.54) is 18.3 Å². The number of hydrogen-bond acceptors (Lipinski definition) is 4. The fourth-order valence-electron chi connectivity index (χ4n) is 2.00. The van der Waals surface area contributed by atoms with Crippen molar-refractivity contribution in [1.29, 1.82) is 0 Å². The van der Waals surface area contributed by atoms with Crippen LogP contribution in [0, 0.1) is 5.92 Å². The maximum atomic E-state index is 11.6. The first-order chi connectivity index (χ1) is 8.75. The average molecular weight is 282 g/mol. The van der Waals surface area contributed by atoms with Crippen molar-refractivity contribution in [2.24, 2.45) is 5.92 Å². The Balaban J connectivity index is 3.28. The van der Waals surface area contributed by atoms with Crippen LogP contribution in [-0.4, -0.2) is 22.6 Å². The number of thiophene rings is 1. The van der Waals surface area contributed by atoms with Crippen LogP contribution in [0.2, 0.25) is 0 Å². The molecule has 0 saturated heterocycles. The van der Waals surface area contributed by atoms with Crippen molar-refractivity contribution in [2.75, 3.05) is 0 Å².